The number of unbranched alkanes of at least 4 members (excludes halogenated alkanes) is 3. The first-order chi connectivity index (χ1) is 10.0. The second-order valence-electron chi connectivity index (χ2n) is 4.56. The fraction of sp³-hybridized carbons (Fsp3) is 0.615. The van der Waals surface area contributed by atoms with Crippen LogP contribution in [0.5, 0.6) is 0 Å². The lowest BCUT2D eigenvalue weighted by molar-refractivity contribution is 0.573. The van der Waals surface area contributed by atoms with Crippen molar-refractivity contribution < 1.29 is 8.42 Å². The Morgan fingerprint density at radius 2 is 2.00 bits per heavy atom. The minimum absolute atomic E-state index is 0.0916. The highest BCUT2D eigenvalue weighted by atomic mass is 35.5. The van der Waals surface area contributed by atoms with Gasteiger partial charge in [0.1, 0.15) is 10.7 Å². The molecule has 0 amide bonds. The van der Waals surface area contributed by atoms with E-state index in [0.717, 1.165) is 25.0 Å². The zero-order valence-electron chi connectivity index (χ0n) is 12.4. The molecular weight excluding hydrogens is 330 g/mol. The Morgan fingerprint density at radius 3 is 2.62 bits per heavy atom. The second-order valence-corrected chi connectivity index (χ2v) is 7.72. The summed E-state index contributed by atoms with van der Waals surface area (Å²) in [7, 11) is -1.86. The summed E-state index contributed by atoms with van der Waals surface area (Å²) >= 11 is 7.78. The van der Waals surface area contributed by atoms with E-state index in [0.29, 0.717) is 12.4 Å². The molecule has 8 heteroatoms. The fourth-order valence-electron chi connectivity index (χ4n) is 1.77. The molecule has 0 spiro atoms. The van der Waals surface area contributed by atoms with Crippen LogP contribution >= 0.6 is 23.4 Å². The maximum absolute atomic E-state index is 12.1. The van der Waals surface area contributed by atoms with Crippen molar-refractivity contribution in [3.05, 3.63) is 17.3 Å². The molecule has 0 bridgehead atoms. The smallest absolute Gasteiger partial charge is 0.242 e. The third-order valence-corrected chi connectivity index (χ3v) is 5.34. The summed E-state index contributed by atoms with van der Waals surface area (Å²) in [5.41, 5.74) is 0. The van der Waals surface area contributed by atoms with Crippen molar-refractivity contribution >= 4 is 39.2 Å². The van der Waals surface area contributed by atoms with Crippen molar-refractivity contribution in [1.82, 2.24) is 9.71 Å². The Balaban J connectivity index is 2.45. The standard InChI is InChI=1S/C13H22ClN3O2S2/c1-15-13-12(14)9-11(10-16-13)21(18,19)17-7-5-3-4-6-8-20-2/h9-10,17H,3-8H2,1-2H3,(H,15,16). The van der Waals surface area contributed by atoms with Crippen molar-refractivity contribution in [1.29, 1.82) is 0 Å². The molecule has 1 heterocycles. The van der Waals surface area contributed by atoms with Crippen molar-refractivity contribution in [3.63, 3.8) is 0 Å². The highest BCUT2D eigenvalue weighted by Gasteiger charge is 2.15. The van der Waals surface area contributed by atoms with Crippen molar-refractivity contribution in [2.24, 2.45) is 0 Å². The van der Waals surface area contributed by atoms with Crippen LogP contribution in [0.2, 0.25) is 5.02 Å². The van der Waals surface area contributed by atoms with E-state index >= 15 is 0 Å². The molecule has 21 heavy (non-hydrogen) atoms. The van der Waals surface area contributed by atoms with Gasteiger partial charge in [-0.05, 0) is 30.9 Å². The lowest BCUT2D eigenvalue weighted by Gasteiger charge is -2.08. The van der Waals surface area contributed by atoms with E-state index in [1.54, 1.807) is 7.05 Å². The van der Waals surface area contributed by atoms with Crippen LogP contribution in [0.15, 0.2) is 17.2 Å². The van der Waals surface area contributed by atoms with E-state index in [9.17, 15) is 8.42 Å². The zero-order valence-corrected chi connectivity index (χ0v) is 14.7. The van der Waals surface area contributed by atoms with Gasteiger partial charge in [-0.15, -0.1) is 0 Å². The molecule has 0 unspecified atom stereocenters. The average molecular weight is 352 g/mol. The molecule has 0 aliphatic carbocycles. The lowest BCUT2D eigenvalue weighted by atomic mass is 10.2. The van der Waals surface area contributed by atoms with Gasteiger partial charge in [-0.25, -0.2) is 18.1 Å². The molecule has 1 aromatic heterocycles. The van der Waals surface area contributed by atoms with Crippen LogP contribution in [0.3, 0.4) is 0 Å². The van der Waals surface area contributed by atoms with Gasteiger partial charge in [-0.1, -0.05) is 24.4 Å². The molecule has 0 atom stereocenters. The van der Waals surface area contributed by atoms with E-state index in [-0.39, 0.29) is 9.92 Å². The van der Waals surface area contributed by atoms with Gasteiger partial charge in [-0.2, -0.15) is 11.8 Å². The number of aromatic nitrogens is 1. The van der Waals surface area contributed by atoms with Gasteiger partial charge in [0.25, 0.3) is 0 Å². The highest BCUT2D eigenvalue weighted by Crippen LogP contribution is 2.21. The minimum atomic E-state index is -3.53. The van der Waals surface area contributed by atoms with Crippen LogP contribution in [0.25, 0.3) is 0 Å². The number of halogens is 1. The summed E-state index contributed by atoms with van der Waals surface area (Å²) in [4.78, 5) is 4.07. The lowest BCUT2D eigenvalue weighted by Crippen LogP contribution is -2.25. The number of pyridine rings is 1. The highest BCUT2D eigenvalue weighted by molar-refractivity contribution is 7.98. The zero-order chi connectivity index (χ0) is 15.7. The molecule has 1 rings (SSSR count). The van der Waals surface area contributed by atoms with Gasteiger partial charge in [-0.3, -0.25) is 0 Å². The van der Waals surface area contributed by atoms with Gasteiger partial charge >= 0.3 is 0 Å². The molecule has 0 aliphatic heterocycles. The summed E-state index contributed by atoms with van der Waals surface area (Å²) in [6, 6.07) is 1.40. The van der Waals surface area contributed by atoms with Crippen LogP contribution in [0, 0.1) is 0 Å². The molecule has 1 aromatic rings. The quantitative estimate of drug-likeness (QED) is 0.634. The molecule has 0 fully saturated rings. The molecule has 120 valence electrons. The monoisotopic (exact) mass is 351 g/mol. The van der Waals surface area contributed by atoms with E-state index in [1.165, 1.54) is 18.7 Å². The summed E-state index contributed by atoms with van der Waals surface area (Å²) in [6.07, 6.45) is 7.57. The van der Waals surface area contributed by atoms with E-state index in [4.69, 9.17) is 11.6 Å². The second kappa shape index (κ2) is 9.50. The Kier molecular flexibility index (Phi) is 8.39. The first kappa shape index (κ1) is 18.5. The maximum Gasteiger partial charge on any atom is 0.242 e. The van der Waals surface area contributed by atoms with E-state index in [2.05, 4.69) is 21.3 Å². The van der Waals surface area contributed by atoms with E-state index < -0.39 is 10.0 Å². The number of hydrogen-bond acceptors (Lipinski definition) is 5. The molecule has 0 aliphatic rings. The molecular formula is C13H22ClN3O2S2. The predicted octanol–water partition coefficient (Wildman–Crippen LogP) is 2.98. The molecule has 0 aromatic carbocycles. The minimum Gasteiger partial charge on any atom is -0.372 e. The number of nitrogens with zero attached hydrogens (tertiary/aromatic N) is 1. The summed E-state index contributed by atoms with van der Waals surface area (Å²) in [5.74, 6) is 1.62. The molecule has 0 saturated carbocycles. The Morgan fingerprint density at radius 1 is 1.29 bits per heavy atom. The van der Waals surface area contributed by atoms with E-state index in [1.807, 2.05) is 11.8 Å². The van der Waals surface area contributed by atoms with Gasteiger partial charge in [0.2, 0.25) is 10.0 Å². The average Bonchev–Trinajstić information content (AvgIpc) is 2.46. The van der Waals surface area contributed by atoms with Crippen LogP contribution in [-0.4, -0.2) is 39.0 Å². The number of hydrogen-bond donors (Lipinski definition) is 2. The fourth-order valence-corrected chi connectivity index (χ4v) is 3.63. The first-order valence-corrected chi connectivity index (χ1v) is 10.1. The Hall–Kier alpha value is -0.500. The van der Waals surface area contributed by atoms with Crippen LogP contribution in [0.1, 0.15) is 25.7 Å². The number of nitrogens with one attached hydrogen (secondary N) is 2. The van der Waals surface area contributed by atoms with Gasteiger partial charge < -0.3 is 5.32 Å². The normalized spacial score (nSPS) is 11.6. The Labute approximate surface area is 136 Å². The van der Waals surface area contributed by atoms with Crippen LogP contribution in [0.4, 0.5) is 5.82 Å². The SMILES string of the molecule is CNc1ncc(S(=O)(=O)NCCCCCCSC)cc1Cl. The van der Waals surface area contributed by atoms with Crippen molar-refractivity contribution in [3.8, 4) is 0 Å². The number of thioether (sulfide) groups is 1. The topological polar surface area (TPSA) is 71.1 Å². The number of rotatable bonds is 10. The Bertz CT molecular complexity index is 538. The summed E-state index contributed by atoms with van der Waals surface area (Å²) in [5, 5.41) is 3.08. The third-order valence-electron chi connectivity index (χ3n) is 2.93. The molecule has 2 N–H and O–H groups in total. The number of anilines is 1. The van der Waals surface area contributed by atoms with Crippen molar-refractivity contribution in [2.75, 3.05) is 30.9 Å². The van der Waals surface area contributed by atoms with Gasteiger partial charge in [0, 0.05) is 19.8 Å². The molecule has 0 saturated heterocycles. The number of sulfonamides is 1. The van der Waals surface area contributed by atoms with Crippen LogP contribution < -0.4 is 10.0 Å². The van der Waals surface area contributed by atoms with Gasteiger partial charge in [0.05, 0.1) is 5.02 Å². The first-order valence-electron chi connectivity index (χ1n) is 6.83. The summed E-state index contributed by atoms with van der Waals surface area (Å²) < 4.78 is 26.8. The summed E-state index contributed by atoms with van der Waals surface area (Å²) in [6.45, 7) is 0.437. The molecule has 5 nitrogen and oxygen atoms in total. The third kappa shape index (κ3) is 6.42. The predicted molar refractivity (Wildman–Crippen MR) is 90.8 cm³/mol. The molecule has 0 radical (unpaired) electrons. The van der Waals surface area contributed by atoms with Crippen LogP contribution in [-0.2, 0) is 10.0 Å². The maximum atomic E-state index is 12.1. The van der Waals surface area contributed by atoms with Gasteiger partial charge in [0.15, 0.2) is 0 Å². The largest absolute Gasteiger partial charge is 0.372 e. The van der Waals surface area contributed by atoms with Crippen molar-refractivity contribution in [2.45, 2.75) is 30.6 Å².